The minimum absolute atomic E-state index is 0.261. The molecule has 178 valence electrons. The third kappa shape index (κ3) is 4.11. The van der Waals surface area contributed by atoms with E-state index in [-0.39, 0.29) is 6.09 Å². The van der Waals surface area contributed by atoms with Crippen LogP contribution in [0.5, 0.6) is 5.75 Å². The van der Waals surface area contributed by atoms with Crippen molar-refractivity contribution in [2.75, 3.05) is 25.6 Å². The van der Waals surface area contributed by atoms with Crippen molar-refractivity contribution in [1.82, 2.24) is 14.9 Å². The van der Waals surface area contributed by atoms with Gasteiger partial charge in [-0.3, -0.25) is 0 Å². The number of thiophene rings is 1. The van der Waals surface area contributed by atoms with E-state index in [0.717, 1.165) is 58.2 Å². The maximum Gasteiger partial charge on any atom is 0.410 e. The number of para-hydroxylation sites is 1. The van der Waals surface area contributed by atoms with Crippen molar-refractivity contribution >= 4 is 70.7 Å². The largest absolute Gasteiger partial charge is 0.497 e. The number of nitrogens with zero attached hydrogens (tertiary/aromatic N) is 3. The number of hydrogen-bond acceptors (Lipinski definition) is 9. The Hall–Kier alpha value is -3.21. The molecule has 1 aliphatic heterocycles. The number of aromatic nitrogens is 2. The third-order valence-electron chi connectivity index (χ3n) is 5.91. The van der Waals surface area contributed by atoms with Crippen LogP contribution in [0, 0.1) is 0 Å². The first kappa shape index (κ1) is 22.3. The summed E-state index contributed by atoms with van der Waals surface area (Å²) in [4.78, 5) is 25.1. The first-order valence-electron chi connectivity index (χ1n) is 11.3. The molecular formula is C25H22N4O3S3. The van der Waals surface area contributed by atoms with Crippen LogP contribution in [0.2, 0.25) is 0 Å². The van der Waals surface area contributed by atoms with Gasteiger partial charge in [0, 0.05) is 17.0 Å². The monoisotopic (exact) mass is 522 g/mol. The highest BCUT2D eigenvalue weighted by atomic mass is 32.1. The Balaban J connectivity index is 1.42. The van der Waals surface area contributed by atoms with Crippen molar-refractivity contribution in [3.63, 3.8) is 0 Å². The minimum Gasteiger partial charge on any atom is -0.497 e. The number of fused-ring (bicyclic) bond motifs is 3. The zero-order valence-corrected chi connectivity index (χ0v) is 21.6. The lowest BCUT2D eigenvalue weighted by Crippen LogP contribution is -2.35. The van der Waals surface area contributed by atoms with Crippen LogP contribution in [0.4, 0.5) is 14.9 Å². The summed E-state index contributed by atoms with van der Waals surface area (Å²) in [5, 5.41) is 6.39. The van der Waals surface area contributed by atoms with Crippen LogP contribution >= 0.6 is 34.0 Å². The molecule has 1 aliphatic rings. The van der Waals surface area contributed by atoms with E-state index in [1.165, 1.54) is 5.56 Å². The third-order valence-corrected chi connectivity index (χ3v) is 9.03. The quantitative estimate of drug-likeness (QED) is 0.271. The SMILES string of the molecule is CCOC(=O)N1CCc2c(sc(Nc3nc4ccc(OC)cc4s3)c2-c2nc3ccccc3s2)C1. The van der Waals surface area contributed by atoms with Gasteiger partial charge in [-0.25, -0.2) is 14.8 Å². The summed E-state index contributed by atoms with van der Waals surface area (Å²) in [7, 11) is 1.67. The van der Waals surface area contributed by atoms with Gasteiger partial charge in [-0.2, -0.15) is 0 Å². The number of ether oxygens (including phenoxy) is 2. The van der Waals surface area contributed by atoms with E-state index in [2.05, 4.69) is 11.4 Å². The van der Waals surface area contributed by atoms with Crippen LogP contribution in [0.3, 0.4) is 0 Å². The second-order valence-corrected chi connectivity index (χ2v) is 11.2. The van der Waals surface area contributed by atoms with Crippen molar-refractivity contribution < 1.29 is 14.3 Å². The van der Waals surface area contributed by atoms with Crippen LogP contribution in [0.15, 0.2) is 42.5 Å². The van der Waals surface area contributed by atoms with Gasteiger partial charge < -0.3 is 19.7 Å². The summed E-state index contributed by atoms with van der Waals surface area (Å²) >= 11 is 4.95. The summed E-state index contributed by atoms with van der Waals surface area (Å²) in [6.07, 6.45) is 0.497. The molecule has 2 aromatic carbocycles. The molecule has 1 amide bonds. The predicted octanol–water partition coefficient (Wildman–Crippen LogP) is 6.90. The summed E-state index contributed by atoms with van der Waals surface area (Å²) in [6, 6.07) is 14.1. The fraction of sp³-hybridized carbons (Fsp3) is 0.240. The summed E-state index contributed by atoms with van der Waals surface area (Å²) in [5.74, 6) is 0.813. The van der Waals surface area contributed by atoms with Crippen molar-refractivity contribution in [2.45, 2.75) is 19.9 Å². The smallest absolute Gasteiger partial charge is 0.410 e. The normalized spacial score (nSPS) is 13.3. The van der Waals surface area contributed by atoms with Gasteiger partial charge >= 0.3 is 6.09 Å². The number of rotatable bonds is 5. The standard InChI is InChI=1S/C25H22N4O3S3/c1-3-32-25(30)29-11-10-15-20(13-29)34-23(21(15)22-26-16-6-4-5-7-18(16)33-22)28-24-27-17-9-8-14(31-2)12-19(17)35-24/h4-9,12H,3,10-11,13H2,1-2H3,(H,27,28). The molecule has 1 N–H and O–H groups in total. The molecule has 0 atom stereocenters. The van der Waals surface area contributed by atoms with E-state index in [0.29, 0.717) is 19.7 Å². The maximum atomic E-state index is 12.4. The Bertz CT molecular complexity index is 1520. The Morgan fingerprint density at radius 2 is 1.94 bits per heavy atom. The molecule has 0 aliphatic carbocycles. The molecule has 0 saturated carbocycles. The molecule has 0 bridgehead atoms. The minimum atomic E-state index is -0.261. The molecule has 0 spiro atoms. The summed E-state index contributed by atoms with van der Waals surface area (Å²) in [6.45, 7) is 3.37. The van der Waals surface area contributed by atoms with Crippen molar-refractivity contribution in [1.29, 1.82) is 0 Å². The van der Waals surface area contributed by atoms with E-state index in [9.17, 15) is 4.79 Å². The van der Waals surface area contributed by atoms with E-state index in [4.69, 9.17) is 19.4 Å². The molecule has 5 aromatic rings. The molecule has 4 heterocycles. The van der Waals surface area contributed by atoms with Gasteiger partial charge in [0.25, 0.3) is 0 Å². The second-order valence-electron chi connectivity index (χ2n) is 8.04. The topological polar surface area (TPSA) is 76.6 Å². The van der Waals surface area contributed by atoms with Gasteiger partial charge in [0.2, 0.25) is 0 Å². The molecule has 0 unspecified atom stereocenters. The van der Waals surface area contributed by atoms with E-state index in [1.54, 1.807) is 46.0 Å². The highest BCUT2D eigenvalue weighted by Gasteiger charge is 2.29. The average molecular weight is 523 g/mol. The number of anilines is 2. The van der Waals surface area contributed by atoms with E-state index in [1.807, 2.05) is 43.3 Å². The number of carbonyl (C=O) groups excluding carboxylic acids is 1. The number of thiazole rings is 2. The number of benzene rings is 2. The molecule has 35 heavy (non-hydrogen) atoms. The first-order chi connectivity index (χ1) is 17.1. The Morgan fingerprint density at radius 3 is 2.77 bits per heavy atom. The Labute approximate surface area is 214 Å². The van der Waals surface area contributed by atoms with Crippen LogP contribution in [0.1, 0.15) is 17.4 Å². The lowest BCUT2D eigenvalue weighted by Gasteiger charge is -2.26. The molecule has 7 nitrogen and oxygen atoms in total. The van der Waals surface area contributed by atoms with Gasteiger partial charge in [0.15, 0.2) is 5.13 Å². The molecule has 0 fully saturated rings. The van der Waals surface area contributed by atoms with Gasteiger partial charge in [-0.15, -0.1) is 22.7 Å². The van der Waals surface area contributed by atoms with Crippen LogP contribution in [-0.4, -0.2) is 41.2 Å². The fourth-order valence-corrected chi connectivity index (χ4v) is 7.59. The zero-order valence-electron chi connectivity index (χ0n) is 19.2. The molecule has 3 aromatic heterocycles. The molecule has 0 radical (unpaired) electrons. The highest BCUT2D eigenvalue weighted by molar-refractivity contribution is 7.24. The molecule has 10 heteroatoms. The Kier molecular flexibility index (Phi) is 5.79. The number of amides is 1. The van der Waals surface area contributed by atoms with Crippen LogP contribution in [0.25, 0.3) is 31.0 Å². The highest BCUT2D eigenvalue weighted by Crippen LogP contribution is 2.47. The zero-order chi connectivity index (χ0) is 23.9. The average Bonchev–Trinajstić information content (AvgIpc) is 3.56. The lowest BCUT2D eigenvalue weighted by atomic mass is 10.0. The molecule has 0 saturated heterocycles. The number of nitrogens with one attached hydrogen (secondary N) is 1. The predicted molar refractivity (Wildman–Crippen MR) is 144 cm³/mol. The Morgan fingerprint density at radius 1 is 1.09 bits per heavy atom. The van der Waals surface area contributed by atoms with Gasteiger partial charge in [0.1, 0.15) is 15.8 Å². The van der Waals surface area contributed by atoms with E-state index >= 15 is 0 Å². The van der Waals surface area contributed by atoms with Crippen LogP contribution in [-0.2, 0) is 17.7 Å². The van der Waals surface area contributed by atoms with Crippen molar-refractivity contribution in [2.24, 2.45) is 0 Å². The fourth-order valence-electron chi connectivity index (χ4n) is 4.25. The van der Waals surface area contributed by atoms with Crippen molar-refractivity contribution in [3.05, 3.63) is 52.9 Å². The van der Waals surface area contributed by atoms with Crippen molar-refractivity contribution in [3.8, 4) is 16.3 Å². The van der Waals surface area contributed by atoms with Gasteiger partial charge in [0.05, 0.1) is 40.7 Å². The second kappa shape index (κ2) is 9.10. The van der Waals surface area contributed by atoms with Gasteiger partial charge in [-0.1, -0.05) is 23.5 Å². The maximum absolute atomic E-state index is 12.4. The van der Waals surface area contributed by atoms with E-state index < -0.39 is 0 Å². The molecule has 6 rings (SSSR count). The summed E-state index contributed by atoms with van der Waals surface area (Å²) < 4.78 is 12.8. The number of carbonyl (C=O) groups is 1. The number of methoxy groups -OCH3 is 1. The summed E-state index contributed by atoms with van der Waals surface area (Å²) in [5.41, 5.74) is 4.29. The van der Waals surface area contributed by atoms with Gasteiger partial charge in [-0.05, 0) is 49.2 Å². The first-order valence-corrected chi connectivity index (χ1v) is 13.7. The molecular weight excluding hydrogens is 501 g/mol. The number of hydrogen-bond donors (Lipinski definition) is 1. The van der Waals surface area contributed by atoms with Crippen LogP contribution < -0.4 is 10.1 Å². The lowest BCUT2D eigenvalue weighted by molar-refractivity contribution is 0.103.